The van der Waals surface area contributed by atoms with Gasteiger partial charge in [-0.25, -0.2) is 0 Å². The highest BCUT2D eigenvalue weighted by Gasteiger charge is 2.21. The van der Waals surface area contributed by atoms with E-state index >= 15 is 0 Å². The lowest BCUT2D eigenvalue weighted by Gasteiger charge is -2.28. The number of aromatic nitrogens is 2. The third kappa shape index (κ3) is 2.74. The molecule has 4 heteroatoms. The lowest BCUT2D eigenvalue weighted by atomic mass is 9.89. The molecule has 122 valence electrons. The SMILES string of the molecule is CN1CCC(c2c[nH]c3ccc(C(=O)c4ccccn4)cc23)CC1. The van der Waals surface area contributed by atoms with E-state index in [-0.39, 0.29) is 5.78 Å². The standard InChI is InChI=1S/C20H21N3O/c1-23-10-7-14(8-11-23)17-13-22-18-6-5-15(12-16(17)18)20(24)19-4-2-3-9-21-19/h2-6,9,12-14,22H,7-8,10-11H2,1H3. The van der Waals surface area contributed by atoms with Crippen molar-refractivity contribution in [1.29, 1.82) is 0 Å². The largest absolute Gasteiger partial charge is 0.361 e. The minimum absolute atomic E-state index is 0.0203. The molecule has 0 bridgehead atoms. The molecule has 3 aromatic rings. The molecule has 3 heterocycles. The molecule has 1 N–H and O–H groups in total. The first-order chi connectivity index (χ1) is 11.7. The molecule has 24 heavy (non-hydrogen) atoms. The quantitative estimate of drug-likeness (QED) is 0.750. The summed E-state index contributed by atoms with van der Waals surface area (Å²) in [4.78, 5) is 22.6. The van der Waals surface area contributed by atoms with Crippen LogP contribution in [0.5, 0.6) is 0 Å². The van der Waals surface area contributed by atoms with Crippen LogP contribution in [0.25, 0.3) is 10.9 Å². The molecule has 0 spiro atoms. The van der Waals surface area contributed by atoms with Gasteiger partial charge in [-0.2, -0.15) is 0 Å². The molecule has 1 aliphatic rings. The van der Waals surface area contributed by atoms with Gasteiger partial charge in [0.25, 0.3) is 0 Å². The zero-order valence-corrected chi connectivity index (χ0v) is 13.8. The van der Waals surface area contributed by atoms with E-state index in [4.69, 9.17) is 0 Å². The lowest BCUT2D eigenvalue weighted by Crippen LogP contribution is -2.29. The fraction of sp³-hybridized carbons (Fsp3) is 0.300. The van der Waals surface area contributed by atoms with Crippen molar-refractivity contribution < 1.29 is 4.79 Å². The molecule has 0 radical (unpaired) electrons. The van der Waals surface area contributed by atoms with Crippen LogP contribution >= 0.6 is 0 Å². The Morgan fingerprint density at radius 2 is 2.04 bits per heavy atom. The molecule has 0 aliphatic carbocycles. The number of rotatable bonds is 3. The fourth-order valence-electron chi connectivity index (χ4n) is 3.59. The highest BCUT2D eigenvalue weighted by atomic mass is 16.1. The number of carbonyl (C=O) groups is 1. The third-order valence-electron chi connectivity index (χ3n) is 5.03. The van der Waals surface area contributed by atoms with Crippen LogP contribution in [-0.4, -0.2) is 40.8 Å². The molecule has 1 saturated heterocycles. The Kier molecular flexibility index (Phi) is 3.90. The van der Waals surface area contributed by atoms with E-state index in [9.17, 15) is 4.79 Å². The maximum absolute atomic E-state index is 12.7. The first-order valence-corrected chi connectivity index (χ1v) is 8.47. The van der Waals surface area contributed by atoms with Crippen molar-refractivity contribution in [2.75, 3.05) is 20.1 Å². The Bertz CT molecular complexity index is 861. The molecule has 2 aromatic heterocycles. The van der Waals surface area contributed by atoms with Crippen LogP contribution in [-0.2, 0) is 0 Å². The Hall–Kier alpha value is -2.46. The topological polar surface area (TPSA) is 49.0 Å². The lowest BCUT2D eigenvalue weighted by molar-refractivity contribution is 0.103. The average Bonchev–Trinajstić information content (AvgIpc) is 3.05. The number of aromatic amines is 1. The number of nitrogens with zero attached hydrogens (tertiary/aromatic N) is 2. The van der Waals surface area contributed by atoms with Gasteiger partial charge in [0.05, 0.1) is 0 Å². The Labute approximate surface area is 141 Å². The molecule has 0 atom stereocenters. The molecule has 4 rings (SSSR count). The summed E-state index contributed by atoms with van der Waals surface area (Å²) in [5.74, 6) is 0.545. The van der Waals surface area contributed by atoms with Crippen molar-refractivity contribution in [2.24, 2.45) is 0 Å². The second kappa shape index (κ2) is 6.21. The summed E-state index contributed by atoms with van der Waals surface area (Å²) in [5, 5.41) is 1.17. The summed E-state index contributed by atoms with van der Waals surface area (Å²) >= 11 is 0. The number of piperidine rings is 1. The second-order valence-electron chi connectivity index (χ2n) is 6.63. The summed E-state index contributed by atoms with van der Waals surface area (Å²) in [5.41, 5.74) is 3.64. The van der Waals surface area contributed by atoms with E-state index < -0.39 is 0 Å². The number of pyridine rings is 1. The summed E-state index contributed by atoms with van der Waals surface area (Å²) in [6.45, 7) is 2.26. The van der Waals surface area contributed by atoms with Gasteiger partial charge in [-0.15, -0.1) is 0 Å². The van der Waals surface area contributed by atoms with E-state index in [0.717, 1.165) is 18.6 Å². The van der Waals surface area contributed by atoms with Gasteiger partial charge in [0, 0.05) is 28.9 Å². The van der Waals surface area contributed by atoms with Crippen LogP contribution in [0.1, 0.15) is 40.4 Å². The third-order valence-corrected chi connectivity index (χ3v) is 5.03. The van der Waals surface area contributed by atoms with Crippen LogP contribution in [0.2, 0.25) is 0 Å². The van der Waals surface area contributed by atoms with Crippen LogP contribution in [0.3, 0.4) is 0 Å². The molecular formula is C20H21N3O. The molecule has 4 nitrogen and oxygen atoms in total. The molecular weight excluding hydrogens is 298 g/mol. The van der Waals surface area contributed by atoms with Gasteiger partial charge in [-0.3, -0.25) is 9.78 Å². The number of nitrogens with one attached hydrogen (secondary N) is 1. The van der Waals surface area contributed by atoms with Crippen LogP contribution < -0.4 is 0 Å². The normalized spacial score (nSPS) is 16.5. The van der Waals surface area contributed by atoms with Crippen molar-refractivity contribution in [3.05, 3.63) is 65.6 Å². The summed E-state index contributed by atoms with van der Waals surface area (Å²) in [7, 11) is 2.18. The minimum atomic E-state index is -0.0203. The van der Waals surface area contributed by atoms with Gasteiger partial charge in [0.2, 0.25) is 5.78 Å². The van der Waals surface area contributed by atoms with Gasteiger partial charge < -0.3 is 9.88 Å². The molecule has 0 unspecified atom stereocenters. The van der Waals surface area contributed by atoms with Gasteiger partial charge >= 0.3 is 0 Å². The number of ketones is 1. The number of hydrogen-bond acceptors (Lipinski definition) is 3. The number of likely N-dealkylation sites (tertiary alicyclic amines) is 1. The van der Waals surface area contributed by atoms with E-state index in [0.29, 0.717) is 17.2 Å². The Morgan fingerprint density at radius 3 is 2.79 bits per heavy atom. The molecule has 1 aromatic carbocycles. The van der Waals surface area contributed by atoms with E-state index in [1.807, 2.05) is 30.3 Å². The van der Waals surface area contributed by atoms with Crippen molar-refractivity contribution in [1.82, 2.24) is 14.9 Å². The number of H-pyrrole nitrogens is 1. The summed E-state index contributed by atoms with van der Waals surface area (Å²) in [6, 6.07) is 11.3. The van der Waals surface area contributed by atoms with E-state index in [1.165, 1.54) is 23.8 Å². The highest BCUT2D eigenvalue weighted by Crippen LogP contribution is 2.33. The van der Waals surface area contributed by atoms with Crippen molar-refractivity contribution in [3.8, 4) is 0 Å². The highest BCUT2D eigenvalue weighted by molar-refractivity contribution is 6.09. The summed E-state index contributed by atoms with van der Waals surface area (Å²) in [6.07, 6.45) is 6.12. The molecule has 0 amide bonds. The maximum atomic E-state index is 12.7. The monoisotopic (exact) mass is 319 g/mol. The minimum Gasteiger partial charge on any atom is -0.361 e. The van der Waals surface area contributed by atoms with Crippen molar-refractivity contribution in [3.63, 3.8) is 0 Å². The molecule has 0 saturated carbocycles. The number of carbonyl (C=O) groups excluding carboxylic acids is 1. The molecule has 1 aliphatic heterocycles. The molecule has 1 fully saturated rings. The second-order valence-corrected chi connectivity index (χ2v) is 6.63. The van der Waals surface area contributed by atoms with Crippen molar-refractivity contribution in [2.45, 2.75) is 18.8 Å². The van der Waals surface area contributed by atoms with Crippen LogP contribution in [0.15, 0.2) is 48.8 Å². The smallest absolute Gasteiger partial charge is 0.211 e. The fourth-order valence-corrected chi connectivity index (χ4v) is 3.59. The first-order valence-electron chi connectivity index (χ1n) is 8.47. The zero-order chi connectivity index (χ0) is 16.5. The predicted octanol–water partition coefficient (Wildman–Crippen LogP) is 3.60. The number of benzene rings is 1. The van der Waals surface area contributed by atoms with Gasteiger partial charge in [-0.05, 0) is 74.8 Å². The van der Waals surface area contributed by atoms with Gasteiger partial charge in [-0.1, -0.05) is 6.07 Å². The predicted molar refractivity (Wildman–Crippen MR) is 95.4 cm³/mol. The van der Waals surface area contributed by atoms with Gasteiger partial charge in [0.1, 0.15) is 5.69 Å². The van der Waals surface area contributed by atoms with E-state index in [2.05, 4.69) is 28.1 Å². The first kappa shape index (κ1) is 15.1. The van der Waals surface area contributed by atoms with Gasteiger partial charge in [0.15, 0.2) is 0 Å². The maximum Gasteiger partial charge on any atom is 0.211 e. The Balaban J connectivity index is 1.70. The number of hydrogen-bond donors (Lipinski definition) is 1. The Morgan fingerprint density at radius 1 is 1.21 bits per heavy atom. The van der Waals surface area contributed by atoms with Crippen LogP contribution in [0.4, 0.5) is 0 Å². The van der Waals surface area contributed by atoms with Crippen LogP contribution in [0, 0.1) is 0 Å². The van der Waals surface area contributed by atoms with E-state index in [1.54, 1.807) is 12.3 Å². The average molecular weight is 319 g/mol. The summed E-state index contributed by atoms with van der Waals surface area (Å²) < 4.78 is 0. The zero-order valence-electron chi connectivity index (χ0n) is 13.8. The van der Waals surface area contributed by atoms with Crippen molar-refractivity contribution >= 4 is 16.7 Å². The number of fused-ring (bicyclic) bond motifs is 1.